The summed E-state index contributed by atoms with van der Waals surface area (Å²) >= 11 is 1.71. The molecule has 0 radical (unpaired) electrons. The van der Waals surface area contributed by atoms with Gasteiger partial charge in [0.1, 0.15) is 0 Å². The number of thiazole rings is 1. The van der Waals surface area contributed by atoms with Gasteiger partial charge in [0.05, 0.1) is 22.2 Å². The second-order valence-corrected chi connectivity index (χ2v) is 10.2. The van der Waals surface area contributed by atoms with E-state index >= 15 is 0 Å². The first kappa shape index (κ1) is 21.3. The lowest BCUT2D eigenvalue weighted by Crippen LogP contribution is -2.58. The van der Waals surface area contributed by atoms with Crippen LogP contribution in [0, 0.1) is 5.92 Å². The molecule has 4 aromatic rings. The molecule has 6 heteroatoms. The normalized spacial score (nSPS) is 17.3. The van der Waals surface area contributed by atoms with Crippen molar-refractivity contribution in [3.05, 3.63) is 96.1 Å². The summed E-state index contributed by atoms with van der Waals surface area (Å²) in [5.74, 6) is 0.380. The fourth-order valence-corrected chi connectivity index (χ4v) is 6.11. The SMILES string of the molecule is O=C(C1CN(c2nc3ccccc3s2)C1)N1CCN(C(c2ccccc2)c2ccccc2)CC1. The summed E-state index contributed by atoms with van der Waals surface area (Å²) in [6.45, 7) is 4.88. The minimum absolute atomic E-state index is 0.0811. The van der Waals surface area contributed by atoms with E-state index in [4.69, 9.17) is 4.98 Å². The predicted molar refractivity (Wildman–Crippen MR) is 138 cm³/mol. The highest BCUT2D eigenvalue weighted by atomic mass is 32.1. The Morgan fingerprint density at radius 3 is 2.00 bits per heavy atom. The third kappa shape index (κ3) is 4.08. The first-order chi connectivity index (χ1) is 16.8. The molecule has 3 heterocycles. The lowest BCUT2D eigenvalue weighted by atomic mass is 9.95. The quantitative estimate of drug-likeness (QED) is 0.427. The van der Waals surface area contributed by atoms with Crippen molar-refractivity contribution in [2.45, 2.75) is 6.04 Å². The van der Waals surface area contributed by atoms with Crippen LogP contribution in [-0.2, 0) is 4.79 Å². The van der Waals surface area contributed by atoms with Crippen LogP contribution in [0.2, 0.25) is 0 Å². The van der Waals surface area contributed by atoms with Gasteiger partial charge in [-0.25, -0.2) is 4.98 Å². The van der Waals surface area contributed by atoms with Gasteiger partial charge in [0, 0.05) is 39.3 Å². The van der Waals surface area contributed by atoms with Gasteiger partial charge >= 0.3 is 0 Å². The van der Waals surface area contributed by atoms with Crippen LogP contribution in [0.3, 0.4) is 0 Å². The second-order valence-electron chi connectivity index (χ2n) is 9.15. The number of benzene rings is 3. The van der Waals surface area contributed by atoms with Gasteiger partial charge in [-0.15, -0.1) is 0 Å². The van der Waals surface area contributed by atoms with Crippen molar-refractivity contribution in [1.29, 1.82) is 0 Å². The smallest absolute Gasteiger partial charge is 0.229 e. The van der Waals surface area contributed by atoms with E-state index in [1.807, 2.05) is 12.1 Å². The third-order valence-electron chi connectivity index (χ3n) is 7.01. The number of carbonyl (C=O) groups excluding carboxylic acids is 1. The molecule has 1 amide bonds. The molecule has 0 saturated carbocycles. The van der Waals surface area contributed by atoms with E-state index in [2.05, 4.69) is 87.5 Å². The summed E-state index contributed by atoms with van der Waals surface area (Å²) in [4.78, 5) is 24.8. The van der Waals surface area contributed by atoms with Crippen LogP contribution in [0.5, 0.6) is 0 Å². The Morgan fingerprint density at radius 1 is 0.794 bits per heavy atom. The molecule has 2 aliphatic rings. The maximum Gasteiger partial charge on any atom is 0.229 e. The summed E-state index contributed by atoms with van der Waals surface area (Å²) in [6, 6.07) is 29.9. The number of amides is 1. The van der Waals surface area contributed by atoms with E-state index < -0.39 is 0 Å². The average molecular weight is 469 g/mol. The van der Waals surface area contributed by atoms with E-state index in [9.17, 15) is 4.79 Å². The minimum Gasteiger partial charge on any atom is -0.346 e. The van der Waals surface area contributed by atoms with Gasteiger partial charge in [-0.3, -0.25) is 9.69 Å². The second kappa shape index (κ2) is 9.20. The largest absolute Gasteiger partial charge is 0.346 e. The molecule has 2 aliphatic heterocycles. The predicted octanol–water partition coefficient (Wildman–Crippen LogP) is 4.67. The lowest BCUT2D eigenvalue weighted by Gasteiger charge is -2.44. The summed E-state index contributed by atoms with van der Waals surface area (Å²) in [5.41, 5.74) is 3.65. The summed E-state index contributed by atoms with van der Waals surface area (Å²) in [7, 11) is 0. The molecule has 0 spiro atoms. The topological polar surface area (TPSA) is 39.7 Å². The number of aromatic nitrogens is 1. The highest BCUT2D eigenvalue weighted by Gasteiger charge is 2.38. The van der Waals surface area contributed by atoms with Gasteiger partial charge in [0.15, 0.2) is 5.13 Å². The number of carbonyl (C=O) groups is 1. The summed E-state index contributed by atoms with van der Waals surface area (Å²) in [6.07, 6.45) is 0. The van der Waals surface area contributed by atoms with Gasteiger partial charge in [-0.2, -0.15) is 0 Å². The molecule has 5 nitrogen and oxygen atoms in total. The molecule has 172 valence electrons. The Morgan fingerprint density at radius 2 is 1.38 bits per heavy atom. The standard InChI is InChI=1S/C28H28N4OS/c33-27(23-19-32(20-23)28-29-24-13-7-8-14-25(24)34-28)31-17-15-30(16-18-31)26(21-9-3-1-4-10-21)22-11-5-2-6-12-22/h1-14,23,26H,15-20H2. The van der Waals surface area contributed by atoms with Crippen LogP contribution < -0.4 is 4.90 Å². The van der Waals surface area contributed by atoms with Crippen LogP contribution in [0.25, 0.3) is 10.2 Å². The summed E-state index contributed by atoms with van der Waals surface area (Å²) in [5, 5.41) is 1.03. The number of piperazine rings is 1. The molecule has 0 bridgehead atoms. The summed E-state index contributed by atoms with van der Waals surface area (Å²) < 4.78 is 1.20. The van der Waals surface area contributed by atoms with Gasteiger partial charge in [-0.1, -0.05) is 84.1 Å². The van der Waals surface area contributed by atoms with E-state index in [1.54, 1.807) is 11.3 Å². The van der Waals surface area contributed by atoms with E-state index in [0.717, 1.165) is 49.9 Å². The van der Waals surface area contributed by atoms with Crippen LogP contribution >= 0.6 is 11.3 Å². The molecule has 3 aromatic carbocycles. The molecule has 1 aromatic heterocycles. The number of nitrogens with zero attached hydrogens (tertiary/aromatic N) is 4. The monoisotopic (exact) mass is 468 g/mol. The highest BCUT2D eigenvalue weighted by Crippen LogP contribution is 2.34. The molecule has 0 N–H and O–H groups in total. The van der Waals surface area contributed by atoms with E-state index in [1.165, 1.54) is 15.8 Å². The Kier molecular flexibility index (Phi) is 5.77. The zero-order valence-corrected chi connectivity index (χ0v) is 19.9. The van der Waals surface area contributed by atoms with E-state index in [-0.39, 0.29) is 12.0 Å². The van der Waals surface area contributed by atoms with Crippen LogP contribution in [0.15, 0.2) is 84.9 Å². The van der Waals surface area contributed by atoms with Crippen molar-refractivity contribution in [3.63, 3.8) is 0 Å². The molecule has 0 unspecified atom stereocenters. The van der Waals surface area contributed by atoms with Crippen molar-refractivity contribution in [2.24, 2.45) is 5.92 Å². The first-order valence-electron chi connectivity index (χ1n) is 12.0. The van der Waals surface area contributed by atoms with Crippen molar-refractivity contribution in [2.75, 3.05) is 44.2 Å². The molecule has 0 aliphatic carbocycles. The van der Waals surface area contributed by atoms with E-state index in [0.29, 0.717) is 5.91 Å². The molecular formula is C28H28N4OS. The van der Waals surface area contributed by atoms with Gasteiger partial charge in [0.25, 0.3) is 0 Å². The number of hydrogen-bond donors (Lipinski definition) is 0. The maximum absolute atomic E-state index is 13.2. The van der Waals surface area contributed by atoms with Crippen molar-refractivity contribution >= 4 is 32.6 Å². The van der Waals surface area contributed by atoms with Gasteiger partial charge in [-0.05, 0) is 23.3 Å². The van der Waals surface area contributed by atoms with Crippen LogP contribution in [0.1, 0.15) is 17.2 Å². The zero-order chi connectivity index (χ0) is 22.9. The zero-order valence-electron chi connectivity index (χ0n) is 19.1. The Hall–Kier alpha value is -3.22. The maximum atomic E-state index is 13.2. The number of fused-ring (bicyclic) bond motifs is 1. The average Bonchev–Trinajstić information content (AvgIpc) is 3.29. The Labute approximate surface area is 204 Å². The molecule has 2 fully saturated rings. The van der Waals surface area contributed by atoms with Gasteiger partial charge in [0.2, 0.25) is 5.91 Å². The van der Waals surface area contributed by atoms with Crippen LogP contribution in [0.4, 0.5) is 5.13 Å². The van der Waals surface area contributed by atoms with Crippen molar-refractivity contribution in [1.82, 2.24) is 14.8 Å². The Bertz CT molecular complexity index is 1190. The molecule has 0 atom stereocenters. The van der Waals surface area contributed by atoms with Crippen molar-refractivity contribution < 1.29 is 4.79 Å². The first-order valence-corrected chi connectivity index (χ1v) is 12.8. The highest BCUT2D eigenvalue weighted by molar-refractivity contribution is 7.22. The number of rotatable bonds is 5. The molecule has 34 heavy (non-hydrogen) atoms. The lowest BCUT2D eigenvalue weighted by molar-refractivity contribution is -0.138. The fraction of sp³-hybridized carbons (Fsp3) is 0.286. The Balaban J connectivity index is 1.09. The minimum atomic E-state index is 0.0811. The fourth-order valence-electron chi connectivity index (χ4n) is 5.13. The third-order valence-corrected chi connectivity index (χ3v) is 8.10. The number of para-hydroxylation sites is 1. The molecule has 6 rings (SSSR count). The molecule has 2 saturated heterocycles. The number of anilines is 1. The van der Waals surface area contributed by atoms with Crippen molar-refractivity contribution in [3.8, 4) is 0 Å². The number of hydrogen-bond acceptors (Lipinski definition) is 5. The van der Waals surface area contributed by atoms with Gasteiger partial charge < -0.3 is 9.80 Å². The molecular weight excluding hydrogens is 440 g/mol. The van der Waals surface area contributed by atoms with Crippen LogP contribution in [-0.4, -0.2) is 60.0 Å².